The molecule has 4 aliphatic rings. The number of carbonyl (C=O) groups is 1. The third-order valence-corrected chi connectivity index (χ3v) is 11.3. The first kappa shape index (κ1) is 25.9. The maximum absolute atomic E-state index is 12.4. The van der Waals surface area contributed by atoms with E-state index in [1.54, 1.807) is 0 Å². The summed E-state index contributed by atoms with van der Waals surface area (Å²) in [7, 11) is 0. The van der Waals surface area contributed by atoms with E-state index in [1.807, 2.05) is 0 Å². The van der Waals surface area contributed by atoms with Gasteiger partial charge in [-0.15, -0.1) is 4.73 Å². The van der Waals surface area contributed by atoms with Crippen LogP contribution in [0.4, 0.5) is 0 Å². The minimum Gasteiger partial charge on any atom is -0.492 e. The lowest BCUT2D eigenvalue weighted by Gasteiger charge is -2.63. The first-order chi connectivity index (χ1) is 17.0. The van der Waals surface area contributed by atoms with Crippen molar-refractivity contribution in [2.45, 2.75) is 96.9 Å². The lowest BCUT2D eigenvalue weighted by Crippen LogP contribution is -2.62. The Balaban J connectivity index is 1.29. The summed E-state index contributed by atoms with van der Waals surface area (Å²) in [5, 5.41) is 52.8. The minimum absolute atomic E-state index is 0.0501. The standard InChI is InChI=1S/C28H43NO7/c1-15(4-9-25(35)36-29-23(33)7-8-24(29)34)18-5-6-19-26-20(14-22(32)28(18,19)3)27(2)11-10-17(30)12-16(27)13-21(26)31/h7-8,15-22,26,30-34H,4-6,9-14H2,1-3H3/t15-,16+,17-,18?,19?,20?,21+,22-,26-,27?,28?/m1/s1. The highest BCUT2D eigenvalue weighted by atomic mass is 16.7. The summed E-state index contributed by atoms with van der Waals surface area (Å²) in [6.07, 6.45) is 5.45. The molecule has 5 N–H and O–H groups in total. The second-order valence-corrected chi connectivity index (χ2v) is 12.8. The first-order valence-electron chi connectivity index (χ1n) is 13.8. The van der Waals surface area contributed by atoms with Gasteiger partial charge in [-0.3, -0.25) is 0 Å². The molecule has 0 spiro atoms. The molecule has 5 unspecified atom stereocenters. The molecule has 11 atom stereocenters. The van der Waals surface area contributed by atoms with E-state index < -0.39 is 18.2 Å². The van der Waals surface area contributed by atoms with E-state index in [0.29, 0.717) is 23.5 Å². The fraction of sp³-hybridized carbons (Fsp3) is 0.821. The van der Waals surface area contributed by atoms with Crippen LogP contribution < -0.4 is 4.84 Å². The fourth-order valence-electron chi connectivity index (χ4n) is 9.32. The van der Waals surface area contributed by atoms with Gasteiger partial charge >= 0.3 is 5.97 Å². The van der Waals surface area contributed by atoms with Crippen molar-refractivity contribution in [3.05, 3.63) is 12.1 Å². The molecule has 0 aromatic carbocycles. The zero-order chi connectivity index (χ0) is 26.0. The van der Waals surface area contributed by atoms with Crippen molar-refractivity contribution in [3.63, 3.8) is 0 Å². The summed E-state index contributed by atoms with van der Waals surface area (Å²) >= 11 is 0. The van der Waals surface area contributed by atoms with Crippen molar-refractivity contribution in [3.8, 4) is 11.8 Å². The van der Waals surface area contributed by atoms with Crippen molar-refractivity contribution < 1.29 is 35.2 Å². The number of rotatable bonds is 5. The zero-order valence-corrected chi connectivity index (χ0v) is 21.7. The highest BCUT2D eigenvalue weighted by molar-refractivity contribution is 5.69. The van der Waals surface area contributed by atoms with Gasteiger partial charge in [-0.05, 0) is 97.7 Å². The molecule has 0 aliphatic heterocycles. The third kappa shape index (κ3) is 3.95. The second-order valence-electron chi connectivity index (χ2n) is 12.8. The van der Waals surface area contributed by atoms with Gasteiger partial charge in [0.15, 0.2) is 0 Å². The van der Waals surface area contributed by atoms with E-state index >= 15 is 0 Å². The van der Waals surface area contributed by atoms with E-state index in [0.717, 1.165) is 38.5 Å². The van der Waals surface area contributed by atoms with Crippen LogP contribution in [0.1, 0.15) is 78.6 Å². The molecule has 0 saturated heterocycles. The summed E-state index contributed by atoms with van der Waals surface area (Å²) in [6.45, 7) is 6.67. The Bertz CT molecular complexity index is 960. The summed E-state index contributed by atoms with van der Waals surface area (Å²) in [5.74, 6) is 0.145. The van der Waals surface area contributed by atoms with Crippen molar-refractivity contribution in [1.82, 2.24) is 4.73 Å². The second kappa shape index (κ2) is 9.21. The number of nitrogens with zero attached hydrogens (tertiary/aromatic N) is 1. The number of carbonyl (C=O) groups excluding carboxylic acids is 1. The molecule has 36 heavy (non-hydrogen) atoms. The van der Waals surface area contributed by atoms with Crippen LogP contribution in [-0.4, -0.2) is 54.5 Å². The number of aromatic nitrogens is 1. The minimum atomic E-state index is -0.534. The average molecular weight is 506 g/mol. The van der Waals surface area contributed by atoms with Gasteiger partial charge in [0.25, 0.3) is 0 Å². The van der Waals surface area contributed by atoms with E-state index in [1.165, 1.54) is 12.1 Å². The number of aliphatic hydroxyl groups is 3. The van der Waals surface area contributed by atoms with Gasteiger partial charge < -0.3 is 30.4 Å². The summed E-state index contributed by atoms with van der Waals surface area (Å²) in [6, 6.07) is 2.50. The first-order valence-corrected chi connectivity index (χ1v) is 13.8. The number of aliphatic hydroxyl groups excluding tert-OH is 3. The van der Waals surface area contributed by atoms with Crippen molar-refractivity contribution in [1.29, 1.82) is 0 Å². The molecule has 0 bridgehead atoms. The Kier molecular flexibility index (Phi) is 6.61. The van der Waals surface area contributed by atoms with Gasteiger partial charge in [0.05, 0.1) is 18.3 Å². The maximum Gasteiger partial charge on any atom is 0.333 e. The predicted octanol–water partition coefficient (Wildman–Crippen LogP) is 3.23. The number of hydrogen-bond donors (Lipinski definition) is 5. The normalized spacial score (nSPS) is 44.8. The Morgan fingerprint density at radius 2 is 1.75 bits per heavy atom. The van der Waals surface area contributed by atoms with E-state index in [9.17, 15) is 30.3 Å². The quantitative estimate of drug-likeness (QED) is 0.415. The highest BCUT2D eigenvalue weighted by Crippen LogP contribution is 2.68. The predicted molar refractivity (Wildman–Crippen MR) is 132 cm³/mol. The molecule has 4 aliphatic carbocycles. The molecule has 4 fully saturated rings. The smallest absolute Gasteiger partial charge is 0.333 e. The van der Waals surface area contributed by atoms with Crippen molar-refractivity contribution in [2.75, 3.05) is 0 Å². The largest absolute Gasteiger partial charge is 0.492 e. The van der Waals surface area contributed by atoms with E-state index in [-0.39, 0.29) is 64.7 Å². The summed E-state index contributed by atoms with van der Waals surface area (Å²) < 4.78 is 0.716. The van der Waals surface area contributed by atoms with E-state index in [4.69, 9.17) is 4.84 Å². The van der Waals surface area contributed by atoms with Gasteiger partial charge in [-0.25, -0.2) is 4.79 Å². The topological polar surface area (TPSA) is 132 Å². The molecule has 1 aromatic rings. The summed E-state index contributed by atoms with van der Waals surface area (Å²) in [5.41, 5.74) is -0.270. The van der Waals surface area contributed by atoms with Crippen LogP contribution in [0.2, 0.25) is 0 Å². The number of fused-ring (bicyclic) bond motifs is 5. The molecular weight excluding hydrogens is 462 g/mol. The number of hydrogen-bond acceptors (Lipinski definition) is 7. The van der Waals surface area contributed by atoms with Crippen LogP contribution in [-0.2, 0) is 4.79 Å². The lowest BCUT2D eigenvalue weighted by atomic mass is 9.43. The van der Waals surface area contributed by atoms with Crippen LogP contribution in [0.5, 0.6) is 11.8 Å². The Morgan fingerprint density at radius 1 is 1.06 bits per heavy atom. The SMILES string of the molecule is C[C@H](CCC(=O)On1c(O)ccc1O)C1CCC2[C@@H]3C(C[C@@H](O)C21C)C1(C)CC[C@@H](O)C[C@H]1C[C@@H]3O. The van der Waals surface area contributed by atoms with E-state index in [2.05, 4.69) is 20.8 Å². The zero-order valence-electron chi connectivity index (χ0n) is 21.7. The van der Waals surface area contributed by atoms with Gasteiger partial charge in [0, 0.05) is 18.6 Å². The van der Waals surface area contributed by atoms with Gasteiger partial charge in [0.2, 0.25) is 11.8 Å². The van der Waals surface area contributed by atoms with Crippen LogP contribution in [0, 0.1) is 46.3 Å². The monoisotopic (exact) mass is 505 g/mol. The third-order valence-electron chi connectivity index (χ3n) is 11.3. The fourth-order valence-corrected chi connectivity index (χ4v) is 9.32. The Labute approximate surface area is 213 Å². The Morgan fingerprint density at radius 3 is 2.44 bits per heavy atom. The molecule has 8 nitrogen and oxygen atoms in total. The summed E-state index contributed by atoms with van der Waals surface area (Å²) in [4.78, 5) is 17.5. The van der Waals surface area contributed by atoms with Crippen LogP contribution in [0.15, 0.2) is 12.1 Å². The molecule has 4 saturated carbocycles. The molecular formula is C28H43NO7. The highest BCUT2D eigenvalue weighted by Gasteiger charge is 2.65. The van der Waals surface area contributed by atoms with Crippen LogP contribution >= 0.6 is 0 Å². The molecule has 0 amide bonds. The van der Waals surface area contributed by atoms with Gasteiger partial charge in [0.1, 0.15) is 0 Å². The average Bonchev–Trinajstić information content (AvgIpc) is 3.34. The van der Waals surface area contributed by atoms with Gasteiger partial charge in [-0.1, -0.05) is 20.8 Å². The molecule has 5 rings (SSSR count). The van der Waals surface area contributed by atoms with Crippen molar-refractivity contribution in [2.24, 2.45) is 46.3 Å². The Hall–Kier alpha value is -1.77. The van der Waals surface area contributed by atoms with Crippen molar-refractivity contribution >= 4 is 5.97 Å². The lowest BCUT2D eigenvalue weighted by molar-refractivity contribution is -0.207. The molecule has 1 heterocycles. The molecule has 202 valence electrons. The number of aromatic hydroxyl groups is 2. The molecule has 1 aromatic heterocycles. The maximum atomic E-state index is 12.4. The van der Waals surface area contributed by atoms with Crippen LogP contribution in [0.25, 0.3) is 0 Å². The molecule has 8 heteroatoms. The molecule has 0 radical (unpaired) electrons. The van der Waals surface area contributed by atoms with Gasteiger partial charge in [-0.2, -0.15) is 0 Å². The van der Waals surface area contributed by atoms with Crippen LogP contribution in [0.3, 0.4) is 0 Å².